The van der Waals surface area contributed by atoms with Crippen LogP contribution in [0.2, 0.25) is 0 Å². The van der Waals surface area contributed by atoms with Gasteiger partial charge in [0.1, 0.15) is 0 Å². The highest BCUT2D eigenvalue weighted by molar-refractivity contribution is 5.91. The molecule has 0 fully saturated rings. The van der Waals surface area contributed by atoms with Crippen molar-refractivity contribution in [1.82, 2.24) is 10.2 Å². The summed E-state index contributed by atoms with van der Waals surface area (Å²) < 4.78 is 0. The van der Waals surface area contributed by atoms with Crippen LogP contribution in [0.4, 0.5) is 0 Å². The number of rotatable bonds is 1. The highest BCUT2D eigenvalue weighted by Crippen LogP contribution is 2.33. The molecule has 0 unspecified atom stereocenters. The summed E-state index contributed by atoms with van der Waals surface area (Å²) in [6.07, 6.45) is 3.02. The first-order valence-electron chi connectivity index (χ1n) is 6.68. The molecular weight excluding hydrogens is 236 g/mol. The minimum absolute atomic E-state index is 0.162. The molecule has 2 aliphatic heterocycles. The van der Waals surface area contributed by atoms with Gasteiger partial charge in [-0.25, -0.2) is 0 Å². The van der Waals surface area contributed by atoms with Gasteiger partial charge in [0.2, 0.25) is 5.91 Å². The van der Waals surface area contributed by atoms with Crippen LogP contribution in [0.25, 0.3) is 11.3 Å². The number of hydrogen-bond acceptors (Lipinski definition) is 2. The highest BCUT2D eigenvalue weighted by atomic mass is 16.2. The van der Waals surface area contributed by atoms with Gasteiger partial charge in [-0.2, -0.15) is 0 Å². The minimum atomic E-state index is 0.162. The molecule has 1 N–H and O–H groups in total. The van der Waals surface area contributed by atoms with Crippen LogP contribution in [0.3, 0.4) is 0 Å². The predicted octanol–water partition coefficient (Wildman–Crippen LogP) is 2.05. The fourth-order valence-electron chi connectivity index (χ4n) is 2.91. The molecule has 2 aliphatic rings. The van der Waals surface area contributed by atoms with E-state index in [-0.39, 0.29) is 5.91 Å². The van der Waals surface area contributed by atoms with Crippen LogP contribution < -0.4 is 5.32 Å². The Hall–Kier alpha value is -1.87. The van der Waals surface area contributed by atoms with E-state index in [0.717, 1.165) is 30.8 Å². The van der Waals surface area contributed by atoms with Crippen molar-refractivity contribution in [3.05, 3.63) is 47.5 Å². The summed E-state index contributed by atoms with van der Waals surface area (Å²) in [5.41, 5.74) is 5.88. The topological polar surface area (TPSA) is 32.3 Å². The van der Waals surface area contributed by atoms with Crippen LogP contribution in [0.1, 0.15) is 23.6 Å². The van der Waals surface area contributed by atoms with Gasteiger partial charge < -0.3 is 10.2 Å². The molecule has 2 heterocycles. The maximum Gasteiger partial charge on any atom is 0.240 e. The number of carbonyl (C=O) groups excluding carboxylic acids is 1. The van der Waals surface area contributed by atoms with Crippen molar-refractivity contribution in [2.24, 2.45) is 0 Å². The van der Waals surface area contributed by atoms with Crippen molar-refractivity contribution in [1.29, 1.82) is 0 Å². The number of hydrogen-bond donors (Lipinski definition) is 1. The monoisotopic (exact) mass is 254 g/mol. The van der Waals surface area contributed by atoms with Gasteiger partial charge in [-0.15, -0.1) is 0 Å². The summed E-state index contributed by atoms with van der Waals surface area (Å²) in [6, 6.07) is 6.28. The van der Waals surface area contributed by atoms with Gasteiger partial charge >= 0.3 is 0 Å². The number of carbonyl (C=O) groups is 1. The summed E-state index contributed by atoms with van der Waals surface area (Å²) in [6.45, 7) is 8.03. The van der Waals surface area contributed by atoms with Crippen molar-refractivity contribution in [2.75, 3.05) is 19.6 Å². The second-order valence-corrected chi connectivity index (χ2v) is 5.13. The smallest absolute Gasteiger partial charge is 0.240 e. The van der Waals surface area contributed by atoms with E-state index in [1.54, 1.807) is 0 Å². The zero-order chi connectivity index (χ0) is 13.4. The van der Waals surface area contributed by atoms with Crippen molar-refractivity contribution >= 4 is 17.2 Å². The molecule has 0 bridgehead atoms. The fraction of sp³-hybridized carbons (Fsp3) is 0.312. The molecular formula is C16H18N2O. The van der Waals surface area contributed by atoms with Crippen molar-refractivity contribution in [2.45, 2.75) is 13.3 Å². The lowest BCUT2D eigenvalue weighted by atomic mass is 9.89. The van der Waals surface area contributed by atoms with E-state index in [2.05, 4.69) is 36.2 Å². The molecule has 0 atom stereocenters. The third-order valence-corrected chi connectivity index (χ3v) is 3.80. The third kappa shape index (κ3) is 2.00. The molecule has 3 rings (SSSR count). The van der Waals surface area contributed by atoms with Crippen molar-refractivity contribution in [3.63, 3.8) is 0 Å². The van der Waals surface area contributed by atoms with Crippen LogP contribution in [0.15, 0.2) is 30.9 Å². The van der Waals surface area contributed by atoms with E-state index in [0.29, 0.717) is 6.54 Å². The van der Waals surface area contributed by atoms with Crippen LogP contribution in [-0.2, 0) is 11.2 Å². The Bertz CT molecular complexity index is 586. The highest BCUT2D eigenvalue weighted by Gasteiger charge is 2.27. The van der Waals surface area contributed by atoms with Crippen molar-refractivity contribution < 1.29 is 4.79 Å². The van der Waals surface area contributed by atoms with E-state index >= 15 is 0 Å². The first kappa shape index (κ1) is 12.2. The molecule has 0 spiro atoms. The molecule has 1 aromatic rings. The fourth-order valence-corrected chi connectivity index (χ4v) is 2.91. The van der Waals surface area contributed by atoms with E-state index in [4.69, 9.17) is 0 Å². The molecule has 0 aromatic heterocycles. The van der Waals surface area contributed by atoms with Crippen molar-refractivity contribution in [3.8, 4) is 0 Å². The van der Waals surface area contributed by atoms with Crippen LogP contribution >= 0.6 is 0 Å². The summed E-state index contributed by atoms with van der Waals surface area (Å²) >= 11 is 0. The normalized spacial score (nSPS) is 18.3. The number of benzene rings is 1. The van der Waals surface area contributed by atoms with Gasteiger partial charge in [-0.05, 0) is 30.5 Å². The number of fused-ring (bicyclic) bond motifs is 3. The molecule has 0 radical (unpaired) electrons. The Labute approximate surface area is 113 Å². The molecule has 3 nitrogen and oxygen atoms in total. The molecule has 0 aliphatic carbocycles. The zero-order valence-corrected chi connectivity index (χ0v) is 11.2. The van der Waals surface area contributed by atoms with Gasteiger partial charge in [-0.1, -0.05) is 30.4 Å². The first-order valence-corrected chi connectivity index (χ1v) is 6.68. The Morgan fingerprint density at radius 1 is 1.42 bits per heavy atom. The lowest BCUT2D eigenvalue weighted by molar-refractivity contribution is -0.126. The molecule has 0 saturated carbocycles. The van der Waals surface area contributed by atoms with Gasteiger partial charge in [0, 0.05) is 24.4 Å². The molecule has 19 heavy (non-hydrogen) atoms. The van der Waals surface area contributed by atoms with Crippen LogP contribution in [-0.4, -0.2) is 30.4 Å². The number of allylic oxidation sites excluding steroid dienone is 1. The number of nitrogens with one attached hydrogen (secondary N) is 1. The average Bonchev–Trinajstić information content (AvgIpc) is 2.60. The summed E-state index contributed by atoms with van der Waals surface area (Å²) in [5.74, 6) is 0.162. The summed E-state index contributed by atoms with van der Waals surface area (Å²) in [7, 11) is 0. The average molecular weight is 254 g/mol. The molecule has 3 heteroatoms. The molecule has 1 amide bonds. The van der Waals surface area contributed by atoms with Crippen LogP contribution in [0, 0.1) is 0 Å². The Kier molecular flexibility index (Phi) is 2.99. The largest absolute Gasteiger partial charge is 0.311 e. The lowest BCUT2D eigenvalue weighted by Crippen LogP contribution is -2.38. The SMILES string of the molecule is C=C(C)c1cccc2c1CCN1C(=O)CNCC=C21. The Balaban J connectivity index is 2.14. The third-order valence-electron chi connectivity index (χ3n) is 3.80. The van der Waals surface area contributed by atoms with Gasteiger partial charge in [0.25, 0.3) is 0 Å². The van der Waals surface area contributed by atoms with E-state index in [9.17, 15) is 4.79 Å². The second kappa shape index (κ2) is 4.67. The number of amides is 1. The first-order chi connectivity index (χ1) is 9.18. The maximum absolute atomic E-state index is 12.1. The van der Waals surface area contributed by atoms with Gasteiger partial charge in [0.15, 0.2) is 0 Å². The Morgan fingerprint density at radius 3 is 3.05 bits per heavy atom. The lowest BCUT2D eigenvalue weighted by Gasteiger charge is -2.32. The second-order valence-electron chi connectivity index (χ2n) is 5.13. The summed E-state index contributed by atoms with van der Waals surface area (Å²) in [5, 5.41) is 3.14. The maximum atomic E-state index is 12.1. The van der Waals surface area contributed by atoms with Crippen LogP contribution in [0.5, 0.6) is 0 Å². The number of nitrogens with zero attached hydrogens (tertiary/aromatic N) is 1. The molecule has 1 aromatic carbocycles. The molecule has 98 valence electrons. The van der Waals surface area contributed by atoms with E-state index in [1.807, 2.05) is 11.8 Å². The predicted molar refractivity (Wildman–Crippen MR) is 77.4 cm³/mol. The van der Waals surface area contributed by atoms with Gasteiger partial charge in [0.05, 0.1) is 6.54 Å². The minimum Gasteiger partial charge on any atom is -0.311 e. The standard InChI is InChI=1S/C16H18N2O/c1-11(2)12-4-3-5-14-13(12)7-9-18-15(14)6-8-17-10-16(18)19/h3-6,17H,1,7-10H2,2H3. The molecule has 0 saturated heterocycles. The Morgan fingerprint density at radius 2 is 2.26 bits per heavy atom. The van der Waals surface area contributed by atoms with E-state index < -0.39 is 0 Å². The quantitative estimate of drug-likeness (QED) is 0.832. The zero-order valence-electron chi connectivity index (χ0n) is 11.2. The van der Waals surface area contributed by atoms with Gasteiger partial charge in [-0.3, -0.25) is 4.79 Å². The summed E-state index contributed by atoms with van der Waals surface area (Å²) in [4.78, 5) is 14.0. The van der Waals surface area contributed by atoms with E-state index in [1.165, 1.54) is 16.7 Å².